The minimum Gasteiger partial charge on any atom is -0.342 e. The molecule has 5 nitrogen and oxygen atoms in total. The molecule has 0 spiro atoms. The molecule has 6 heteroatoms. The van der Waals surface area contributed by atoms with Crippen LogP contribution < -0.4 is 0 Å². The SMILES string of the molecule is CCCCCCC(=O)N1CCC[C@@H](c2nc(-c3ccc(F)cc3)no2)C1. The fourth-order valence-corrected chi connectivity index (χ4v) is 3.38. The zero-order chi connectivity index (χ0) is 18.4. The first-order valence-electron chi connectivity index (χ1n) is 9.54. The van der Waals surface area contributed by atoms with E-state index in [4.69, 9.17) is 4.52 Å². The second-order valence-corrected chi connectivity index (χ2v) is 6.95. The minimum atomic E-state index is -0.294. The van der Waals surface area contributed by atoms with Crippen molar-refractivity contribution in [2.75, 3.05) is 13.1 Å². The van der Waals surface area contributed by atoms with Crippen molar-refractivity contribution < 1.29 is 13.7 Å². The Morgan fingerprint density at radius 1 is 1.27 bits per heavy atom. The summed E-state index contributed by atoms with van der Waals surface area (Å²) in [5, 5.41) is 4.02. The van der Waals surface area contributed by atoms with Crippen molar-refractivity contribution in [3.63, 3.8) is 0 Å². The number of aromatic nitrogens is 2. The number of benzene rings is 1. The lowest BCUT2D eigenvalue weighted by Crippen LogP contribution is -2.39. The van der Waals surface area contributed by atoms with E-state index in [0.717, 1.165) is 37.8 Å². The van der Waals surface area contributed by atoms with Gasteiger partial charge in [0.05, 0.1) is 5.92 Å². The maximum Gasteiger partial charge on any atom is 0.231 e. The smallest absolute Gasteiger partial charge is 0.231 e. The van der Waals surface area contributed by atoms with Crippen molar-refractivity contribution in [3.8, 4) is 11.4 Å². The average molecular weight is 359 g/mol. The number of piperidine rings is 1. The van der Waals surface area contributed by atoms with Gasteiger partial charge in [0.1, 0.15) is 5.82 Å². The molecular formula is C20H26FN3O2. The summed E-state index contributed by atoms with van der Waals surface area (Å²) in [5.74, 6) is 1.03. The second kappa shape index (κ2) is 8.92. The third-order valence-electron chi connectivity index (χ3n) is 4.91. The van der Waals surface area contributed by atoms with Crippen LogP contribution in [0, 0.1) is 5.82 Å². The summed E-state index contributed by atoms with van der Waals surface area (Å²) in [6.45, 7) is 3.61. The number of likely N-dealkylation sites (tertiary alicyclic amines) is 1. The van der Waals surface area contributed by atoms with Gasteiger partial charge in [-0.15, -0.1) is 0 Å². The van der Waals surface area contributed by atoms with Crippen LogP contribution in [0.3, 0.4) is 0 Å². The predicted molar refractivity (Wildman–Crippen MR) is 97.0 cm³/mol. The van der Waals surface area contributed by atoms with E-state index in [1.807, 2.05) is 4.90 Å². The number of hydrogen-bond acceptors (Lipinski definition) is 4. The molecule has 1 fully saturated rings. The van der Waals surface area contributed by atoms with E-state index in [0.29, 0.717) is 24.7 Å². The van der Waals surface area contributed by atoms with E-state index in [1.165, 1.54) is 25.0 Å². The Labute approximate surface area is 153 Å². The highest BCUT2D eigenvalue weighted by atomic mass is 19.1. The van der Waals surface area contributed by atoms with Gasteiger partial charge in [0, 0.05) is 25.1 Å². The van der Waals surface area contributed by atoms with E-state index < -0.39 is 0 Å². The number of hydrogen-bond donors (Lipinski definition) is 0. The predicted octanol–water partition coefficient (Wildman–Crippen LogP) is 4.55. The Balaban J connectivity index is 1.59. The maximum atomic E-state index is 13.0. The number of nitrogens with zero attached hydrogens (tertiary/aromatic N) is 3. The molecule has 2 aromatic rings. The molecule has 1 aliphatic rings. The molecule has 1 aromatic carbocycles. The quantitative estimate of drug-likeness (QED) is 0.680. The van der Waals surface area contributed by atoms with Crippen LogP contribution in [0.25, 0.3) is 11.4 Å². The molecule has 1 aromatic heterocycles. The van der Waals surface area contributed by atoms with Gasteiger partial charge in [0.15, 0.2) is 0 Å². The van der Waals surface area contributed by atoms with Gasteiger partial charge in [-0.3, -0.25) is 4.79 Å². The first-order chi connectivity index (χ1) is 12.7. The van der Waals surface area contributed by atoms with Crippen LogP contribution in [0.4, 0.5) is 4.39 Å². The normalized spacial score (nSPS) is 17.5. The summed E-state index contributed by atoms with van der Waals surface area (Å²) in [6.07, 6.45) is 6.94. The fraction of sp³-hybridized carbons (Fsp3) is 0.550. The molecule has 140 valence electrons. The first-order valence-corrected chi connectivity index (χ1v) is 9.54. The van der Waals surface area contributed by atoms with Gasteiger partial charge in [-0.1, -0.05) is 31.3 Å². The van der Waals surface area contributed by atoms with Crippen LogP contribution in [0.5, 0.6) is 0 Å². The van der Waals surface area contributed by atoms with Crippen LogP contribution in [0.15, 0.2) is 28.8 Å². The Morgan fingerprint density at radius 2 is 2.08 bits per heavy atom. The zero-order valence-corrected chi connectivity index (χ0v) is 15.3. The summed E-state index contributed by atoms with van der Waals surface area (Å²) in [7, 11) is 0. The van der Waals surface area contributed by atoms with Gasteiger partial charge >= 0.3 is 0 Å². The van der Waals surface area contributed by atoms with Crippen LogP contribution in [0.1, 0.15) is 63.7 Å². The standard InChI is InChI=1S/C20H26FN3O2/c1-2-3-4-5-8-18(25)24-13-6-7-16(14-24)20-22-19(23-26-20)15-9-11-17(21)12-10-15/h9-12,16H,2-8,13-14H2,1H3/t16-/m1/s1. The molecule has 3 rings (SSSR count). The van der Waals surface area contributed by atoms with Gasteiger partial charge in [-0.2, -0.15) is 4.98 Å². The zero-order valence-electron chi connectivity index (χ0n) is 15.3. The van der Waals surface area contributed by atoms with Crippen LogP contribution in [0.2, 0.25) is 0 Å². The van der Waals surface area contributed by atoms with Crippen molar-refractivity contribution in [2.45, 2.75) is 57.8 Å². The van der Waals surface area contributed by atoms with Crippen LogP contribution in [-0.4, -0.2) is 34.0 Å². The summed E-state index contributed by atoms with van der Waals surface area (Å²) in [6, 6.07) is 6.03. The van der Waals surface area contributed by atoms with E-state index >= 15 is 0 Å². The molecule has 0 bridgehead atoms. The molecule has 0 saturated carbocycles. The summed E-state index contributed by atoms with van der Waals surface area (Å²) < 4.78 is 18.5. The monoisotopic (exact) mass is 359 g/mol. The minimum absolute atomic E-state index is 0.0741. The van der Waals surface area contributed by atoms with E-state index in [-0.39, 0.29) is 17.6 Å². The van der Waals surface area contributed by atoms with E-state index in [1.54, 1.807) is 12.1 Å². The Morgan fingerprint density at radius 3 is 2.85 bits per heavy atom. The summed E-state index contributed by atoms with van der Waals surface area (Å²) >= 11 is 0. The van der Waals surface area contributed by atoms with Crippen LogP contribution in [-0.2, 0) is 4.79 Å². The van der Waals surface area contributed by atoms with Gasteiger partial charge in [-0.25, -0.2) is 4.39 Å². The molecule has 26 heavy (non-hydrogen) atoms. The van der Waals surface area contributed by atoms with Crippen molar-refractivity contribution >= 4 is 5.91 Å². The summed E-state index contributed by atoms with van der Waals surface area (Å²) in [5.41, 5.74) is 0.723. The van der Waals surface area contributed by atoms with Crippen molar-refractivity contribution in [1.82, 2.24) is 15.0 Å². The number of amides is 1. The number of rotatable bonds is 7. The lowest BCUT2D eigenvalue weighted by Gasteiger charge is -2.31. The van der Waals surface area contributed by atoms with Gasteiger partial charge < -0.3 is 9.42 Å². The fourth-order valence-electron chi connectivity index (χ4n) is 3.38. The highest BCUT2D eigenvalue weighted by Gasteiger charge is 2.28. The maximum absolute atomic E-state index is 13.0. The number of carbonyl (C=O) groups excluding carboxylic acids is 1. The Kier molecular flexibility index (Phi) is 6.36. The van der Waals surface area contributed by atoms with Gasteiger partial charge in [0.2, 0.25) is 17.6 Å². The summed E-state index contributed by atoms with van der Waals surface area (Å²) in [4.78, 5) is 18.8. The third kappa shape index (κ3) is 4.68. The van der Waals surface area contributed by atoms with Crippen molar-refractivity contribution in [1.29, 1.82) is 0 Å². The largest absolute Gasteiger partial charge is 0.342 e. The Bertz CT molecular complexity index is 714. The topological polar surface area (TPSA) is 59.2 Å². The van der Waals surface area contributed by atoms with Crippen molar-refractivity contribution in [2.24, 2.45) is 0 Å². The first kappa shape index (κ1) is 18.5. The average Bonchev–Trinajstić information content (AvgIpc) is 3.16. The van der Waals surface area contributed by atoms with Gasteiger partial charge in [-0.05, 0) is 43.5 Å². The number of unbranched alkanes of at least 4 members (excludes halogenated alkanes) is 3. The van der Waals surface area contributed by atoms with Crippen molar-refractivity contribution in [3.05, 3.63) is 36.0 Å². The molecule has 2 heterocycles. The molecule has 0 unspecified atom stereocenters. The molecule has 1 atom stereocenters. The van der Waals surface area contributed by atoms with Crippen LogP contribution >= 0.6 is 0 Å². The molecule has 1 aliphatic heterocycles. The second-order valence-electron chi connectivity index (χ2n) is 6.95. The Hall–Kier alpha value is -2.24. The van der Waals surface area contributed by atoms with E-state index in [9.17, 15) is 9.18 Å². The molecule has 0 aliphatic carbocycles. The number of halogens is 1. The molecule has 1 amide bonds. The lowest BCUT2D eigenvalue weighted by atomic mass is 9.97. The highest BCUT2D eigenvalue weighted by Crippen LogP contribution is 2.28. The van der Waals surface area contributed by atoms with Gasteiger partial charge in [0.25, 0.3) is 0 Å². The molecular weight excluding hydrogens is 333 g/mol. The lowest BCUT2D eigenvalue weighted by molar-refractivity contribution is -0.132. The molecule has 0 N–H and O–H groups in total. The van der Waals surface area contributed by atoms with E-state index in [2.05, 4.69) is 17.1 Å². The molecule has 0 radical (unpaired) electrons. The highest BCUT2D eigenvalue weighted by molar-refractivity contribution is 5.76. The number of carbonyl (C=O) groups is 1. The molecule has 1 saturated heterocycles. The third-order valence-corrected chi connectivity index (χ3v) is 4.91.